The zero-order valence-corrected chi connectivity index (χ0v) is 14.1. The van der Waals surface area contributed by atoms with Crippen molar-refractivity contribution in [3.63, 3.8) is 0 Å². The van der Waals surface area contributed by atoms with Gasteiger partial charge < -0.3 is 0 Å². The zero-order chi connectivity index (χ0) is 15.1. The lowest BCUT2D eigenvalue weighted by Crippen LogP contribution is -2.45. The van der Waals surface area contributed by atoms with E-state index >= 15 is 0 Å². The van der Waals surface area contributed by atoms with Crippen molar-refractivity contribution in [3.8, 4) is 0 Å². The molecule has 0 radical (unpaired) electrons. The fourth-order valence-corrected chi connectivity index (χ4v) is 4.45. The molecule has 1 aliphatic rings. The van der Waals surface area contributed by atoms with Crippen LogP contribution in [0.3, 0.4) is 0 Å². The van der Waals surface area contributed by atoms with E-state index in [0.29, 0.717) is 25.6 Å². The molecule has 0 bridgehead atoms. The second kappa shape index (κ2) is 8.17. The first-order valence-corrected chi connectivity index (χ1v) is 9.93. The molecule has 6 heteroatoms. The Kier molecular flexibility index (Phi) is 6.54. The van der Waals surface area contributed by atoms with Crippen LogP contribution in [0.1, 0.15) is 26.2 Å². The minimum Gasteiger partial charge on any atom is -0.202 e. The maximum Gasteiger partial charge on any atom is 0.279 e. The molecule has 0 amide bonds. The average molecular weight is 329 g/mol. The maximum atomic E-state index is 12.1. The van der Waals surface area contributed by atoms with Crippen LogP contribution in [-0.4, -0.2) is 38.1 Å². The molecule has 1 fully saturated rings. The van der Waals surface area contributed by atoms with Crippen molar-refractivity contribution >= 4 is 22.0 Å². The van der Waals surface area contributed by atoms with Crippen LogP contribution < -0.4 is 4.72 Å². The summed E-state index contributed by atoms with van der Waals surface area (Å²) in [5, 5.41) is 0. The Morgan fingerprint density at radius 3 is 2.57 bits per heavy atom. The number of rotatable bonds is 7. The van der Waals surface area contributed by atoms with Crippen molar-refractivity contribution in [3.05, 3.63) is 30.3 Å². The van der Waals surface area contributed by atoms with Gasteiger partial charge in [-0.15, -0.1) is 11.8 Å². The number of benzene rings is 1. The van der Waals surface area contributed by atoms with E-state index in [1.165, 1.54) is 4.90 Å². The Bertz CT molecular complexity index is 512. The molecule has 1 aromatic rings. The molecule has 0 atom stereocenters. The molecular weight excluding hydrogens is 304 g/mol. The van der Waals surface area contributed by atoms with E-state index in [1.807, 2.05) is 18.2 Å². The first-order valence-electron chi connectivity index (χ1n) is 7.50. The van der Waals surface area contributed by atoms with E-state index in [2.05, 4.69) is 23.8 Å². The Labute approximate surface area is 132 Å². The fourth-order valence-electron chi connectivity index (χ4n) is 2.30. The lowest BCUT2D eigenvalue weighted by Gasteiger charge is -2.29. The summed E-state index contributed by atoms with van der Waals surface area (Å²) in [6.07, 6.45) is 2.76. The van der Waals surface area contributed by atoms with E-state index in [0.717, 1.165) is 25.0 Å². The van der Waals surface area contributed by atoms with Gasteiger partial charge in [0, 0.05) is 24.5 Å². The molecule has 0 aliphatic carbocycles. The lowest BCUT2D eigenvalue weighted by atomic mass is 10.0. The normalized spacial score (nSPS) is 18.0. The van der Waals surface area contributed by atoms with E-state index in [1.54, 1.807) is 16.1 Å². The summed E-state index contributed by atoms with van der Waals surface area (Å²) in [6.45, 7) is 3.98. The quantitative estimate of drug-likeness (QED) is 0.618. The van der Waals surface area contributed by atoms with Gasteiger partial charge in [0.15, 0.2) is 0 Å². The molecule has 0 spiro atoms. The highest BCUT2D eigenvalue weighted by Crippen LogP contribution is 2.19. The van der Waals surface area contributed by atoms with Gasteiger partial charge in [-0.2, -0.15) is 12.7 Å². The van der Waals surface area contributed by atoms with Gasteiger partial charge in [-0.3, -0.25) is 0 Å². The molecule has 0 saturated carbocycles. The van der Waals surface area contributed by atoms with Crippen LogP contribution in [0, 0.1) is 5.92 Å². The average Bonchev–Trinajstić information content (AvgIpc) is 2.48. The van der Waals surface area contributed by atoms with Crippen LogP contribution in [0.5, 0.6) is 0 Å². The summed E-state index contributed by atoms with van der Waals surface area (Å²) in [5.41, 5.74) is 0. The number of piperidine rings is 1. The number of nitrogens with zero attached hydrogens (tertiary/aromatic N) is 1. The summed E-state index contributed by atoms with van der Waals surface area (Å²) < 4.78 is 28.6. The maximum absolute atomic E-state index is 12.1. The van der Waals surface area contributed by atoms with E-state index in [4.69, 9.17) is 0 Å². The van der Waals surface area contributed by atoms with Crippen molar-refractivity contribution < 1.29 is 8.42 Å². The molecule has 4 nitrogen and oxygen atoms in total. The van der Waals surface area contributed by atoms with Crippen LogP contribution in [0.25, 0.3) is 0 Å². The summed E-state index contributed by atoms with van der Waals surface area (Å²) in [6, 6.07) is 10.2. The highest BCUT2D eigenvalue weighted by molar-refractivity contribution is 7.99. The Hall–Kier alpha value is -0.560. The van der Waals surface area contributed by atoms with Gasteiger partial charge in [0.25, 0.3) is 10.2 Å². The van der Waals surface area contributed by atoms with Gasteiger partial charge in [-0.05, 0) is 43.1 Å². The monoisotopic (exact) mass is 328 g/mol. The van der Waals surface area contributed by atoms with Gasteiger partial charge >= 0.3 is 0 Å². The zero-order valence-electron chi connectivity index (χ0n) is 12.5. The molecular formula is C15H24N2O2S2. The molecule has 1 N–H and O–H groups in total. The van der Waals surface area contributed by atoms with Gasteiger partial charge in [0.2, 0.25) is 0 Å². The van der Waals surface area contributed by atoms with E-state index < -0.39 is 10.2 Å². The third kappa shape index (κ3) is 5.62. The third-order valence-electron chi connectivity index (χ3n) is 3.70. The summed E-state index contributed by atoms with van der Waals surface area (Å²) in [7, 11) is -3.28. The molecule has 21 heavy (non-hydrogen) atoms. The van der Waals surface area contributed by atoms with Crippen LogP contribution in [0.15, 0.2) is 35.2 Å². The van der Waals surface area contributed by atoms with Crippen molar-refractivity contribution in [1.29, 1.82) is 0 Å². The highest BCUT2D eigenvalue weighted by Gasteiger charge is 2.25. The van der Waals surface area contributed by atoms with Gasteiger partial charge in [-0.1, -0.05) is 25.1 Å². The predicted octanol–water partition coefficient (Wildman–Crippen LogP) is 2.74. The minimum absolute atomic E-state index is 0.508. The number of hydrogen-bond donors (Lipinski definition) is 1. The molecule has 2 rings (SSSR count). The van der Waals surface area contributed by atoms with Crippen LogP contribution in [0.2, 0.25) is 0 Å². The highest BCUT2D eigenvalue weighted by atomic mass is 32.2. The number of hydrogen-bond acceptors (Lipinski definition) is 3. The van der Waals surface area contributed by atoms with E-state index in [9.17, 15) is 8.42 Å². The predicted molar refractivity (Wildman–Crippen MR) is 88.7 cm³/mol. The Balaban J connectivity index is 1.65. The van der Waals surface area contributed by atoms with Crippen molar-refractivity contribution in [2.45, 2.75) is 31.1 Å². The summed E-state index contributed by atoms with van der Waals surface area (Å²) in [4.78, 5) is 1.23. The first-order chi connectivity index (χ1) is 10.1. The standard InChI is InChI=1S/C15H24N2O2S2/c1-14-8-11-17(12-9-14)21(18,19)16-10-5-13-20-15-6-3-2-4-7-15/h2-4,6-7,14,16H,5,8-13H2,1H3. The number of nitrogens with one attached hydrogen (secondary N) is 1. The molecule has 118 valence electrons. The molecule has 1 heterocycles. The molecule has 1 aromatic carbocycles. The smallest absolute Gasteiger partial charge is 0.202 e. The van der Waals surface area contributed by atoms with Crippen molar-refractivity contribution in [1.82, 2.24) is 9.03 Å². The minimum atomic E-state index is -3.28. The Morgan fingerprint density at radius 2 is 1.90 bits per heavy atom. The summed E-state index contributed by atoms with van der Waals surface area (Å²) >= 11 is 1.76. The lowest BCUT2D eigenvalue weighted by molar-refractivity contribution is 0.285. The largest absolute Gasteiger partial charge is 0.279 e. The van der Waals surface area contributed by atoms with E-state index in [-0.39, 0.29) is 0 Å². The molecule has 1 aliphatic heterocycles. The topological polar surface area (TPSA) is 49.4 Å². The Morgan fingerprint density at radius 1 is 1.24 bits per heavy atom. The van der Waals surface area contributed by atoms with Gasteiger partial charge in [-0.25, -0.2) is 4.72 Å². The summed E-state index contributed by atoms with van der Waals surface area (Å²) in [5.74, 6) is 1.56. The van der Waals surface area contributed by atoms with Crippen molar-refractivity contribution in [2.75, 3.05) is 25.4 Å². The molecule has 0 aromatic heterocycles. The molecule has 1 saturated heterocycles. The SMILES string of the molecule is CC1CCN(S(=O)(=O)NCCCSc2ccccc2)CC1. The van der Waals surface area contributed by atoms with Crippen molar-refractivity contribution in [2.24, 2.45) is 5.92 Å². The van der Waals surface area contributed by atoms with Gasteiger partial charge in [0.1, 0.15) is 0 Å². The third-order valence-corrected chi connectivity index (χ3v) is 6.41. The van der Waals surface area contributed by atoms with Crippen LogP contribution >= 0.6 is 11.8 Å². The van der Waals surface area contributed by atoms with Crippen LogP contribution in [0.4, 0.5) is 0 Å². The number of thioether (sulfide) groups is 1. The fraction of sp³-hybridized carbons (Fsp3) is 0.600. The van der Waals surface area contributed by atoms with Crippen LogP contribution in [-0.2, 0) is 10.2 Å². The molecule has 0 unspecified atom stereocenters. The second-order valence-electron chi connectivity index (χ2n) is 5.50. The second-order valence-corrected chi connectivity index (χ2v) is 8.42. The first kappa shape index (κ1) is 16.8. The van der Waals surface area contributed by atoms with Gasteiger partial charge in [0.05, 0.1) is 0 Å².